The second kappa shape index (κ2) is 7.01. The van der Waals surface area contributed by atoms with Gasteiger partial charge in [-0.25, -0.2) is 8.42 Å². The first-order chi connectivity index (χ1) is 11.5. The van der Waals surface area contributed by atoms with E-state index in [2.05, 4.69) is 4.57 Å². The number of hydrogen-bond acceptors (Lipinski definition) is 4. The molecule has 4 nitrogen and oxygen atoms in total. The maximum absolute atomic E-state index is 12.4. The van der Waals surface area contributed by atoms with Gasteiger partial charge in [0.05, 0.1) is 10.5 Å². The topological polar surface area (TPSA) is 65.1 Å². The minimum atomic E-state index is -3.34. The largest absolute Gasteiger partial charge is 0.330 e. The number of rotatable bonds is 6. The fraction of sp³-hybridized carbons (Fsp3) is 0.222. The van der Waals surface area contributed by atoms with E-state index in [1.54, 1.807) is 0 Å². The Morgan fingerprint density at radius 1 is 1.04 bits per heavy atom. The van der Waals surface area contributed by atoms with E-state index in [-0.39, 0.29) is 0 Å². The SMILES string of the molecule is CS(=O)(=O)c1c(SCCN)n(Cc2ccccc2)c2ccccc12. The van der Waals surface area contributed by atoms with Crippen LogP contribution in [0.2, 0.25) is 0 Å². The van der Waals surface area contributed by atoms with Gasteiger partial charge in [-0.05, 0) is 11.6 Å². The van der Waals surface area contributed by atoms with Gasteiger partial charge in [-0.2, -0.15) is 0 Å². The number of para-hydroxylation sites is 1. The van der Waals surface area contributed by atoms with Gasteiger partial charge in [0.15, 0.2) is 9.84 Å². The summed E-state index contributed by atoms with van der Waals surface area (Å²) in [6, 6.07) is 17.7. The van der Waals surface area contributed by atoms with Gasteiger partial charge in [0.25, 0.3) is 0 Å². The summed E-state index contributed by atoms with van der Waals surface area (Å²) >= 11 is 1.50. The van der Waals surface area contributed by atoms with E-state index in [0.29, 0.717) is 23.7 Å². The molecule has 0 fully saturated rings. The van der Waals surface area contributed by atoms with Crippen LogP contribution in [-0.2, 0) is 16.4 Å². The number of fused-ring (bicyclic) bond motifs is 1. The molecule has 2 aromatic carbocycles. The summed E-state index contributed by atoms with van der Waals surface area (Å²) in [5.41, 5.74) is 7.72. The molecular formula is C18H20N2O2S2. The highest BCUT2D eigenvalue weighted by Crippen LogP contribution is 2.37. The van der Waals surface area contributed by atoms with E-state index in [4.69, 9.17) is 5.73 Å². The van der Waals surface area contributed by atoms with Gasteiger partial charge in [0.1, 0.15) is 4.90 Å². The zero-order chi connectivity index (χ0) is 17.2. The molecule has 1 heterocycles. The van der Waals surface area contributed by atoms with Crippen molar-refractivity contribution in [1.82, 2.24) is 4.57 Å². The van der Waals surface area contributed by atoms with Crippen molar-refractivity contribution in [3.8, 4) is 0 Å². The number of benzene rings is 2. The van der Waals surface area contributed by atoms with Crippen LogP contribution in [0.3, 0.4) is 0 Å². The minimum Gasteiger partial charge on any atom is -0.330 e. The van der Waals surface area contributed by atoms with E-state index in [0.717, 1.165) is 21.5 Å². The summed E-state index contributed by atoms with van der Waals surface area (Å²) < 4.78 is 27.0. The molecule has 0 bridgehead atoms. The van der Waals surface area contributed by atoms with Crippen LogP contribution in [0.25, 0.3) is 10.9 Å². The van der Waals surface area contributed by atoms with E-state index >= 15 is 0 Å². The van der Waals surface area contributed by atoms with Crippen molar-refractivity contribution in [3.05, 3.63) is 60.2 Å². The zero-order valence-electron chi connectivity index (χ0n) is 13.5. The van der Waals surface area contributed by atoms with Crippen LogP contribution in [0.5, 0.6) is 0 Å². The predicted molar refractivity (Wildman–Crippen MR) is 100 cm³/mol. The molecule has 0 spiro atoms. The Morgan fingerprint density at radius 3 is 2.38 bits per heavy atom. The molecule has 0 atom stereocenters. The van der Waals surface area contributed by atoms with Gasteiger partial charge in [-0.15, -0.1) is 11.8 Å². The summed E-state index contributed by atoms with van der Waals surface area (Å²) in [6.45, 7) is 1.13. The molecule has 3 rings (SSSR count). The van der Waals surface area contributed by atoms with Crippen molar-refractivity contribution in [1.29, 1.82) is 0 Å². The van der Waals surface area contributed by atoms with Crippen molar-refractivity contribution in [2.75, 3.05) is 18.6 Å². The fourth-order valence-corrected chi connectivity index (χ4v) is 5.33. The quantitative estimate of drug-likeness (QED) is 0.686. The lowest BCUT2D eigenvalue weighted by Crippen LogP contribution is -2.07. The molecule has 0 saturated heterocycles. The fourth-order valence-electron chi connectivity index (χ4n) is 2.83. The third kappa shape index (κ3) is 3.36. The average Bonchev–Trinajstić information content (AvgIpc) is 2.88. The molecule has 0 saturated carbocycles. The Balaban J connectivity index is 2.25. The second-order valence-electron chi connectivity index (χ2n) is 5.63. The van der Waals surface area contributed by atoms with Crippen molar-refractivity contribution >= 4 is 32.5 Å². The highest BCUT2D eigenvalue weighted by Gasteiger charge is 2.24. The number of nitrogens with zero attached hydrogens (tertiary/aromatic N) is 1. The van der Waals surface area contributed by atoms with Crippen LogP contribution in [-0.4, -0.2) is 31.5 Å². The summed E-state index contributed by atoms with van der Waals surface area (Å²) in [4.78, 5) is 0.410. The molecule has 2 N–H and O–H groups in total. The van der Waals surface area contributed by atoms with Gasteiger partial charge >= 0.3 is 0 Å². The Labute approximate surface area is 146 Å². The van der Waals surface area contributed by atoms with Gasteiger partial charge in [-0.3, -0.25) is 0 Å². The molecule has 24 heavy (non-hydrogen) atoms. The zero-order valence-corrected chi connectivity index (χ0v) is 15.1. The molecule has 0 unspecified atom stereocenters. The number of hydrogen-bond donors (Lipinski definition) is 1. The first-order valence-corrected chi connectivity index (χ1v) is 10.6. The Bertz CT molecular complexity index is 948. The van der Waals surface area contributed by atoms with E-state index in [1.165, 1.54) is 18.0 Å². The van der Waals surface area contributed by atoms with Gasteiger partial charge in [0, 0.05) is 30.5 Å². The number of aromatic nitrogens is 1. The van der Waals surface area contributed by atoms with Crippen molar-refractivity contribution < 1.29 is 8.42 Å². The molecule has 3 aromatic rings. The van der Waals surface area contributed by atoms with Gasteiger partial charge in [0.2, 0.25) is 0 Å². The Morgan fingerprint density at radius 2 is 1.71 bits per heavy atom. The van der Waals surface area contributed by atoms with Crippen molar-refractivity contribution in [2.45, 2.75) is 16.5 Å². The number of nitrogens with two attached hydrogens (primary N) is 1. The lowest BCUT2D eigenvalue weighted by Gasteiger charge is -2.11. The van der Waals surface area contributed by atoms with Crippen LogP contribution in [0, 0.1) is 0 Å². The first-order valence-electron chi connectivity index (χ1n) is 7.70. The third-order valence-electron chi connectivity index (χ3n) is 3.79. The lowest BCUT2D eigenvalue weighted by molar-refractivity contribution is 0.598. The Hall–Kier alpha value is -1.76. The highest BCUT2D eigenvalue weighted by atomic mass is 32.2. The highest BCUT2D eigenvalue weighted by molar-refractivity contribution is 8.00. The van der Waals surface area contributed by atoms with Gasteiger partial charge < -0.3 is 10.3 Å². The predicted octanol–water partition coefficient (Wildman–Crippen LogP) is 3.14. The molecule has 0 amide bonds. The summed E-state index contributed by atoms with van der Waals surface area (Å²) in [5, 5.41) is 1.54. The maximum Gasteiger partial charge on any atom is 0.178 e. The van der Waals surface area contributed by atoms with E-state index in [9.17, 15) is 8.42 Å². The van der Waals surface area contributed by atoms with Crippen LogP contribution in [0.1, 0.15) is 5.56 Å². The summed E-state index contributed by atoms with van der Waals surface area (Å²) in [5.74, 6) is 0.674. The van der Waals surface area contributed by atoms with Crippen LogP contribution in [0.15, 0.2) is 64.5 Å². The van der Waals surface area contributed by atoms with E-state index in [1.807, 2.05) is 54.6 Å². The van der Waals surface area contributed by atoms with E-state index < -0.39 is 9.84 Å². The third-order valence-corrected chi connectivity index (χ3v) is 6.21. The van der Waals surface area contributed by atoms with Crippen LogP contribution >= 0.6 is 11.8 Å². The maximum atomic E-state index is 12.4. The molecule has 0 radical (unpaired) electrons. The van der Waals surface area contributed by atoms with Crippen LogP contribution in [0.4, 0.5) is 0 Å². The molecule has 0 aliphatic carbocycles. The number of sulfone groups is 1. The Kier molecular flexibility index (Phi) is 4.99. The monoisotopic (exact) mass is 360 g/mol. The standard InChI is InChI=1S/C18H20N2O2S2/c1-24(21,22)17-15-9-5-6-10-16(15)20(18(17)23-12-11-19)13-14-7-3-2-4-8-14/h2-10H,11-13,19H2,1H3. The minimum absolute atomic E-state index is 0.410. The molecule has 1 aromatic heterocycles. The summed E-state index contributed by atoms with van der Waals surface area (Å²) in [7, 11) is -3.34. The molecule has 6 heteroatoms. The smallest absolute Gasteiger partial charge is 0.178 e. The first kappa shape index (κ1) is 17.1. The molecule has 126 valence electrons. The van der Waals surface area contributed by atoms with Crippen molar-refractivity contribution in [2.24, 2.45) is 5.73 Å². The number of thioether (sulfide) groups is 1. The normalized spacial score (nSPS) is 11.9. The molecule has 0 aliphatic heterocycles. The second-order valence-corrected chi connectivity index (χ2v) is 8.67. The average molecular weight is 361 g/mol. The summed E-state index contributed by atoms with van der Waals surface area (Å²) in [6.07, 6.45) is 1.27. The van der Waals surface area contributed by atoms with Crippen LogP contribution < -0.4 is 5.73 Å². The lowest BCUT2D eigenvalue weighted by atomic mass is 10.2. The van der Waals surface area contributed by atoms with Gasteiger partial charge in [-0.1, -0.05) is 48.5 Å². The molecule has 0 aliphatic rings. The van der Waals surface area contributed by atoms with Crippen molar-refractivity contribution in [3.63, 3.8) is 0 Å². The molecular weight excluding hydrogens is 340 g/mol.